The van der Waals surface area contributed by atoms with Crippen LogP contribution in [0.2, 0.25) is 0 Å². The minimum absolute atomic E-state index is 0.0296. The second-order valence-corrected chi connectivity index (χ2v) is 5.48. The molecule has 1 unspecified atom stereocenters. The van der Waals surface area contributed by atoms with E-state index in [1.165, 1.54) is 23.4 Å². The number of hydrogen-bond donors (Lipinski definition) is 0. The van der Waals surface area contributed by atoms with Crippen molar-refractivity contribution in [1.82, 2.24) is 9.78 Å². The van der Waals surface area contributed by atoms with Gasteiger partial charge in [-0.25, -0.2) is 4.68 Å². The van der Waals surface area contributed by atoms with Crippen LogP contribution in [0.1, 0.15) is 19.8 Å². The van der Waals surface area contributed by atoms with Gasteiger partial charge in [0.2, 0.25) is 0 Å². The van der Waals surface area contributed by atoms with Crippen molar-refractivity contribution in [1.29, 1.82) is 0 Å². The lowest BCUT2D eigenvalue weighted by Crippen LogP contribution is -2.47. The van der Waals surface area contributed by atoms with Crippen LogP contribution in [0, 0.1) is 0 Å². The smallest absolute Gasteiger partial charge is 0.131 e. The molecule has 0 saturated carbocycles. The van der Waals surface area contributed by atoms with Crippen molar-refractivity contribution >= 4 is 5.69 Å². The highest BCUT2D eigenvalue weighted by molar-refractivity contribution is 5.81. The van der Waals surface area contributed by atoms with Gasteiger partial charge in [0.25, 0.3) is 0 Å². The molecule has 4 rings (SSSR count). The summed E-state index contributed by atoms with van der Waals surface area (Å²) in [6, 6.07) is 8.41. The molecule has 2 aliphatic heterocycles. The summed E-state index contributed by atoms with van der Waals surface area (Å²) >= 11 is 0. The highest BCUT2D eigenvalue weighted by atomic mass is 16.5. The Hall–Kier alpha value is -1.97. The van der Waals surface area contributed by atoms with Crippen molar-refractivity contribution in [2.24, 2.45) is 0 Å². The van der Waals surface area contributed by atoms with Gasteiger partial charge in [0.15, 0.2) is 0 Å². The van der Waals surface area contributed by atoms with Crippen LogP contribution in [0.4, 0.5) is 5.69 Å². The fraction of sp³-hybridized carbons (Fsp3) is 0.400. The lowest BCUT2D eigenvalue weighted by atomic mass is 10.00. The molecule has 0 amide bonds. The van der Waals surface area contributed by atoms with Crippen molar-refractivity contribution in [3.8, 4) is 17.0 Å². The van der Waals surface area contributed by atoms with E-state index in [9.17, 15) is 0 Å². The van der Waals surface area contributed by atoms with E-state index in [4.69, 9.17) is 4.74 Å². The molecule has 2 aliphatic rings. The molecule has 1 aromatic carbocycles. The first-order valence-corrected chi connectivity index (χ1v) is 6.74. The van der Waals surface area contributed by atoms with Crippen LogP contribution in [-0.2, 0) is 5.66 Å². The van der Waals surface area contributed by atoms with Crippen LogP contribution >= 0.6 is 0 Å². The van der Waals surface area contributed by atoms with E-state index in [-0.39, 0.29) is 5.66 Å². The zero-order chi connectivity index (χ0) is 13.0. The first-order chi connectivity index (χ1) is 9.24. The van der Waals surface area contributed by atoms with Crippen LogP contribution in [-0.4, -0.2) is 23.4 Å². The van der Waals surface area contributed by atoms with Gasteiger partial charge in [-0.2, -0.15) is 5.10 Å². The maximum absolute atomic E-state index is 5.38. The molecule has 19 heavy (non-hydrogen) atoms. The van der Waals surface area contributed by atoms with Crippen LogP contribution < -0.4 is 9.64 Å². The van der Waals surface area contributed by atoms with Crippen LogP contribution in [0.25, 0.3) is 11.3 Å². The standard InChI is InChI=1S/C15H17N3O/c1-15-7-3-9-17(15)14-10-11(19-2)4-5-12(14)13-6-8-16-18(13)15/h4-6,8,10H,3,7,9H2,1-2H3. The summed E-state index contributed by atoms with van der Waals surface area (Å²) in [6.45, 7) is 3.36. The van der Waals surface area contributed by atoms with Crippen LogP contribution in [0.5, 0.6) is 5.75 Å². The minimum atomic E-state index is -0.0296. The molecule has 0 N–H and O–H groups in total. The molecular formula is C15H17N3O. The average molecular weight is 255 g/mol. The molecule has 0 aliphatic carbocycles. The fourth-order valence-electron chi connectivity index (χ4n) is 3.52. The van der Waals surface area contributed by atoms with Gasteiger partial charge in [0.1, 0.15) is 11.4 Å². The second kappa shape index (κ2) is 3.53. The van der Waals surface area contributed by atoms with Gasteiger partial charge in [-0.1, -0.05) is 0 Å². The van der Waals surface area contributed by atoms with Gasteiger partial charge in [-0.3, -0.25) is 0 Å². The third-order valence-electron chi connectivity index (χ3n) is 4.48. The minimum Gasteiger partial charge on any atom is -0.497 e. The first kappa shape index (κ1) is 10.9. The number of nitrogens with zero attached hydrogens (tertiary/aromatic N) is 3. The third-order valence-corrected chi connectivity index (χ3v) is 4.48. The summed E-state index contributed by atoms with van der Waals surface area (Å²) in [6.07, 6.45) is 4.24. The molecule has 2 aromatic rings. The summed E-state index contributed by atoms with van der Waals surface area (Å²) < 4.78 is 7.56. The quantitative estimate of drug-likeness (QED) is 0.785. The topological polar surface area (TPSA) is 30.3 Å². The number of hydrogen-bond acceptors (Lipinski definition) is 3. The van der Waals surface area contributed by atoms with E-state index < -0.39 is 0 Å². The first-order valence-electron chi connectivity index (χ1n) is 6.74. The molecule has 1 atom stereocenters. The summed E-state index contributed by atoms with van der Waals surface area (Å²) in [5, 5.41) is 4.56. The molecule has 0 radical (unpaired) electrons. The average Bonchev–Trinajstić information content (AvgIpc) is 3.05. The van der Waals surface area contributed by atoms with Gasteiger partial charge in [-0.15, -0.1) is 0 Å². The highest BCUT2D eigenvalue weighted by Crippen LogP contribution is 2.48. The SMILES string of the molecule is COc1ccc2c(c1)N1CCCC1(C)n1nccc1-2. The Morgan fingerprint density at radius 1 is 1.32 bits per heavy atom. The maximum atomic E-state index is 5.38. The number of benzene rings is 1. The Bertz CT molecular complexity index is 649. The van der Waals surface area contributed by atoms with Gasteiger partial charge in [0.05, 0.1) is 18.5 Å². The monoisotopic (exact) mass is 255 g/mol. The zero-order valence-electron chi connectivity index (χ0n) is 11.3. The molecule has 3 heterocycles. The number of anilines is 1. The summed E-state index contributed by atoms with van der Waals surface area (Å²) in [5.74, 6) is 0.918. The molecule has 1 aromatic heterocycles. The van der Waals surface area contributed by atoms with E-state index in [1.54, 1.807) is 7.11 Å². The van der Waals surface area contributed by atoms with Crippen molar-refractivity contribution in [2.45, 2.75) is 25.4 Å². The number of aromatic nitrogens is 2. The summed E-state index contributed by atoms with van der Waals surface area (Å²) in [4.78, 5) is 2.46. The molecule has 4 nitrogen and oxygen atoms in total. The van der Waals surface area contributed by atoms with E-state index in [0.29, 0.717) is 0 Å². The number of ether oxygens (including phenoxy) is 1. The van der Waals surface area contributed by atoms with Gasteiger partial charge >= 0.3 is 0 Å². The Labute approximate surface area is 112 Å². The van der Waals surface area contributed by atoms with Crippen molar-refractivity contribution in [3.05, 3.63) is 30.5 Å². The van der Waals surface area contributed by atoms with E-state index >= 15 is 0 Å². The van der Waals surface area contributed by atoms with E-state index in [1.807, 2.05) is 12.3 Å². The van der Waals surface area contributed by atoms with Crippen molar-refractivity contribution < 1.29 is 4.74 Å². The Morgan fingerprint density at radius 3 is 3.05 bits per heavy atom. The Balaban J connectivity index is 2.02. The van der Waals surface area contributed by atoms with Crippen molar-refractivity contribution in [2.75, 3.05) is 18.6 Å². The highest BCUT2D eigenvalue weighted by Gasteiger charge is 2.44. The third kappa shape index (κ3) is 1.26. The summed E-state index contributed by atoms with van der Waals surface area (Å²) in [5.41, 5.74) is 3.70. The molecule has 4 heteroatoms. The normalized spacial score (nSPS) is 23.8. The van der Waals surface area contributed by atoms with Gasteiger partial charge in [0, 0.05) is 24.4 Å². The van der Waals surface area contributed by atoms with Crippen LogP contribution in [0.3, 0.4) is 0 Å². The molecule has 98 valence electrons. The predicted octanol–water partition coefficient (Wildman–Crippen LogP) is 2.85. The van der Waals surface area contributed by atoms with Crippen LogP contribution in [0.15, 0.2) is 30.5 Å². The van der Waals surface area contributed by atoms with Gasteiger partial charge < -0.3 is 9.64 Å². The lowest BCUT2D eigenvalue weighted by molar-refractivity contribution is 0.297. The van der Waals surface area contributed by atoms with E-state index in [2.05, 4.69) is 39.8 Å². The Morgan fingerprint density at radius 2 is 2.21 bits per heavy atom. The number of rotatable bonds is 1. The number of fused-ring (bicyclic) bond motifs is 6. The lowest BCUT2D eigenvalue weighted by Gasteiger charge is -2.43. The van der Waals surface area contributed by atoms with Crippen molar-refractivity contribution in [3.63, 3.8) is 0 Å². The molecule has 1 fully saturated rings. The molecular weight excluding hydrogens is 238 g/mol. The molecule has 0 bridgehead atoms. The predicted molar refractivity (Wildman–Crippen MR) is 74.4 cm³/mol. The fourth-order valence-corrected chi connectivity index (χ4v) is 3.52. The largest absolute Gasteiger partial charge is 0.497 e. The number of methoxy groups -OCH3 is 1. The maximum Gasteiger partial charge on any atom is 0.131 e. The van der Waals surface area contributed by atoms with Gasteiger partial charge in [-0.05, 0) is 38.0 Å². The molecule has 0 spiro atoms. The summed E-state index contributed by atoms with van der Waals surface area (Å²) in [7, 11) is 1.72. The zero-order valence-corrected chi connectivity index (χ0v) is 11.3. The second-order valence-electron chi connectivity index (χ2n) is 5.48. The Kier molecular flexibility index (Phi) is 2.03. The molecule has 1 saturated heterocycles. The van der Waals surface area contributed by atoms with E-state index in [0.717, 1.165) is 18.7 Å².